The maximum atomic E-state index is 11.9. The lowest BCUT2D eigenvalue weighted by atomic mass is 9.84. The molecule has 0 aliphatic rings. The lowest BCUT2D eigenvalue weighted by Gasteiger charge is -2.23. The fraction of sp³-hybridized carbons (Fsp3) is 0.867. The summed E-state index contributed by atoms with van der Waals surface area (Å²) >= 11 is 0. The predicted octanol–water partition coefficient (Wildman–Crippen LogP) is 3.06. The van der Waals surface area contributed by atoms with Gasteiger partial charge in [-0.3, -0.25) is 4.79 Å². The number of aliphatic carboxylic acids is 1. The Kier molecular flexibility index (Phi) is 7.09. The third-order valence-corrected chi connectivity index (χ3v) is 2.84. The molecule has 0 saturated carbocycles. The Balaban J connectivity index is 4.30. The van der Waals surface area contributed by atoms with E-state index in [9.17, 15) is 9.59 Å². The topological polar surface area (TPSA) is 66.4 Å². The third-order valence-electron chi connectivity index (χ3n) is 2.84. The van der Waals surface area contributed by atoms with Crippen LogP contribution in [0.4, 0.5) is 0 Å². The van der Waals surface area contributed by atoms with E-state index < -0.39 is 12.0 Å². The van der Waals surface area contributed by atoms with Crippen LogP contribution in [0.3, 0.4) is 0 Å². The van der Waals surface area contributed by atoms with Crippen molar-refractivity contribution in [3.8, 4) is 0 Å². The Morgan fingerprint density at radius 1 is 1.16 bits per heavy atom. The lowest BCUT2D eigenvalue weighted by molar-refractivity contribution is -0.142. The number of nitrogens with one attached hydrogen (secondary N) is 1. The first-order valence-electron chi connectivity index (χ1n) is 7.03. The van der Waals surface area contributed by atoms with Gasteiger partial charge in [-0.25, -0.2) is 4.79 Å². The second-order valence-electron chi connectivity index (χ2n) is 7.16. The molecular weight excluding hydrogens is 242 g/mol. The van der Waals surface area contributed by atoms with Crippen LogP contribution in [0.25, 0.3) is 0 Å². The summed E-state index contributed by atoms with van der Waals surface area (Å²) in [5.41, 5.74) is 0.184. The van der Waals surface area contributed by atoms with Crippen LogP contribution in [0.5, 0.6) is 0 Å². The summed E-state index contributed by atoms with van der Waals surface area (Å²) in [6, 6.07) is -0.769. The molecule has 0 aromatic rings. The van der Waals surface area contributed by atoms with Crippen molar-refractivity contribution in [2.24, 2.45) is 17.3 Å². The van der Waals surface area contributed by atoms with E-state index in [0.29, 0.717) is 12.8 Å². The fourth-order valence-corrected chi connectivity index (χ4v) is 2.38. The lowest BCUT2D eigenvalue weighted by Crippen LogP contribution is -2.42. The molecular formula is C15H29NO3. The molecule has 0 saturated heterocycles. The highest BCUT2D eigenvalue weighted by molar-refractivity contribution is 5.83. The largest absolute Gasteiger partial charge is 0.480 e. The number of rotatable bonds is 7. The molecule has 0 spiro atoms. The molecule has 0 aliphatic heterocycles. The molecule has 1 unspecified atom stereocenters. The molecule has 19 heavy (non-hydrogen) atoms. The minimum atomic E-state index is -0.953. The van der Waals surface area contributed by atoms with E-state index in [2.05, 4.69) is 26.1 Å². The second kappa shape index (κ2) is 7.51. The molecule has 4 heteroatoms. The average molecular weight is 271 g/mol. The smallest absolute Gasteiger partial charge is 0.326 e. The van der Waals surface area contributed by atoms with Crippen molar-refractivity contribution < 1.29 is 14.7 Å². The van der Waals surface area contributed by atoms with Crippen LogP contribution in [-0.4, -0.2) is 23.0 Å². The standard InChI is InChI=1S/C15H29NO3/c1-10(2)7-12(14(18)19)16-13(17)8-11(3)9-15(4,5)6/h10-12H,7-9H2,1-6H3,(H,16,17)(H,18,19)/t11?,12-/m1/s1. The summed E-state index contributed by atoms with van der Waals surface area (Å²) in [4.78, 5) is 22.9. The molecule has 0 radical (unpaired) electrons. The number of carbonyl (C=O) groups is 2. The van der Waals surface area contributed by atoms with E-state index in [0.717, 1.165) is 6.42 Å². The number of hydrogen-bond donors (Lipinski definition) is 2. The van der Waals surface area contributed by atoms with Crippen molar-refractivity contribution in [2.75, 3.05) is 0 Å². The molecule has 0 rings (SSSR count). The summed E-state index contributed by atoms with van der Waals surface area (Å²) < 4.78 is 0. The van der Waals surface area contributed by atoms with Gasteiger partial charge in [0.25, 0.3) is 0 Å². The van der Waals surface area contributed by atoms with Crippen LogP contribution in [0.1, 0.15) is 60.8 Å². The second-order valence-corrected chi connectivity index (χ2v) is 7.16. The molecule has 0 aromatic heterocycles. The Morgan fingerprint density at radius 2 is 1.68 bits per heavy atom. The predicted molar refractivity (Wildman–Crippen MR) is 76.9 cm³/mol. The summed E-state index contributed by atoms with van der Waals surface area (Å²) in [6.07, 6.45) is 1.80. The highest BCUT2D eigenvalue weighted by Crippen LogP contribution is 2.25. The zero-order valence-corrected chi connectivity index (χ0v) is 13.1. The van der Waals surface area contributed by atoms with E-state index in [-0.39, 0.29) is 23.2 Å². The van der Waals surface area contributed by atoms with Crippen molar-refractivity contribution in [3.05, 3.63) is 0 Å². The highest BCUT2D eigenvalue weighted by Gasteiger charge is 2.23. The minimum Gasteiger partial charge on any atom is -0.480 e. The summed E-state index contributed by atoms with van der Waals surface area (Å²) in [5, 5.41) is 11.7. The van der Waals surface area contributed by atoms with Gasteiger partial charge in [-0.15, -0.1) is 0 Å². The average Bonchev–Trinajstić information content (AvgIpc) is 2.11. The molecule has 0 heterocycles. The maximum Gasteiger partial charge on any atom is 0.326 e. The first-order chi connectivity index (χ1) is 8.51. The van der Waals surface area contributed by atoms with Crippen molar-refractivity contribution in [2.45, 2.75) is 66.8 Å². The Hall–Kier alpha value is -1.06. The Bertz CT molecular complexity index is 305. The summed E-state index contributed by atoms with van der Waals surface area (Å²) in [6.45, 7) is 12.3. The van der Waals surface area contributed by atoms with Gasteiger partial charge < -0.3 is 10.4 Å². The molecule has 4 nitrogen and oxygen atoms in total. The molecule has 112 valence electrons. The monoisotopic (exact) mass is 271 g/mol. The van der Waals surface area contributed by atoms with Gasteiger partial charge in [-0.05, 0) is 30.1 Å². The van der Waals surface area contributed by atoms with Crippen molar-refractivity contribution in [1.82, 2.24) is 5.32 Å². The summed E-state index contributed by atoms with van der Waals surface area (Å²) in [5.74, 6) is -0.614. The van der Waals surface area contributed by atoms with Gasteiger partial charge in [-0.2, -0.15) is 0 Å². The Labute approximate surface area is 117 Å². The van der Waals surface area contributed by atoms with E-state index in [1.165, 1.54) is 0 Å². The van der Waals surface area contributed by atoms with Crippen LogP contribution < -0.4 is 5.32 Å². The molecule has 0 fully saturated rings. The zero-order chi connectivity index (χ0) is 15.2. The van der Waals surface area contributed by atoms with Gasteiger partial charge in [0, 0.05) is 6.42 Å². The molecule has 0 aromatic carbocycles. The zero-order valence-electron chi connectivity index (χ0n) is 13.1. The minimum absolute atomic E-state index is 0.162. The fourth-order valence-electron chi connectivity index (χ4n) is 2.38. The molecule has 0 aliphatic carbocycles. The third kappa shape index (κ3) is 9.51. The van der Waals surface area contributed by atoms with Crippen LogP contribution in [0.2, 0.25) is 0 Å². The number of hydrogen-bond acceptors (Lipinski definition) is 2. The van der Waals surface area contributed by atoms with Crippen molar-refractivity contribution >= 4 is 11.9 Å². The van der Waals surface area contributed by atoms with Gasteiger partial charge in [0.2, 0.25) is 5.91 Å². The normalized spacial score (nSPS) is 15.1. The number of amides is 1. The van der Waals surface area contributed by atoms with Crippen LogP contribution in [0.15, 0.2) is 0 Å². The van der Waals surface area contributed by atoms with Gasteiger partial charge in [0.1, 0.15) is 6.04 Å². The number of carbonyl (C=O) groups excluding carboxylic acids is 1. The van der Waals surface area contributed by atoms with Crippen molar-refractivity contribution in [3.63, 3.8) is 0 Å². The molecule has 2 atom stereocenters. The number of carboxylic acid groups (broad SMARTS) is 1. The molecule has 0 bridgehead atoms. The van der Waals surface area contributed by atoms with Gasteiger partial charge in [0.05, 0.1) is 0 Å². The van der Waals surface area contributed by atoms with Crippen LogP contribution in [0, 0.1) is 17.3 Å². The highest BCUT2D eigenvalue weighted by atomic mass is 16.4. The summed E-state index contributed by atoms with van der Waals surface area (Å²) in [7, 11) is 0. The first-order valence-corrected chi connectivity index (χ1v) is 7.03. The van der Waals surface area contributed by atoms with Crippen LogP contribution in [-0.2, 0) is 9.59 Å². The van der Waals surface area contributed by atoms with Gasteiger partial charge in [-0.1, -0.05) is 41.5 Å². The van der Waals surface area contributed by atoms with E-state index in [1.54, 1.807) is 0 Å². The van der Waals surface area contributed by atoms with E-state index >= 15 is 0 Å². The maximum absolute atomic E-state index is 11.9. The SMILES string of the molecule is CC(C)C[C@@H](NC(=O)CC(C)CC(C)(C)C)C(=O)O. The molecule has 2 N–H and O–H groups in total. The quantitative estimate of drug-likeness (QED) is 0.748. The van der Waals surface area contributed by atoms with Gasteiger partial charge >= 0.3 is 5.97 Å². The van der Waals surface area contributed by atoms with Crippen molar-refractivity contribution in [1.29, 1.82) is 0 Å². The van der Waals surface area contributed by atoms with Gasteiger partial charge in [0.15, 0.2) is 0 Å². The molecule has 1 amide bonds. The van der Waals surface area contributed by atoms with E-state index in [1.807, 2.05) is 20.8 Å². The van der Waals surface area contributed by atoms with E-state index in [4.69, 9.17) is 5.11 Å². The first kappa shape index (κ1) is 17.9. The Morgan fingerprint density at radius 3 is 2.05 bits per heavy atom. The van der Waals surface area contributed by atoms with Crippen LogP contribution >= 0.6 is 0 Å². The number of carboxylic acids is 1.